The largest absolute Gasteiger partial charge is 0.546 e. The van der Waals surface area contributed by atoms with Gasteiger partial charge in [-0.25, -0.2) is 4.79 Å². The molecule has 0 radical (unpaired) electrons. The van der Waals surface area contributed by atoms with Crippen LogP contribution in [0.25, 0.3) is 0 Å². The molecular weight excluding hydrogens is 398 g/mol. The zero-order valence-corrected chi connectivity index (χ0v) is 18.5. The van der Waals surface area contributed by atoms with Crippen LogP contribution in [0.4, 0.5) is 4.79 Å². The van der Waals surface area contributed by atoms with E-state index < -0.39 is 25.6 Å². The molecule has 1 aromatic carbocycles. The Balaban J connectivity index is 2.31. The maximum absolute atomic E-state index is 12.5. The molecule has 0 spiro atoms. The van der Waals surface area contributed by atoms with E-state index in [2.05, 4.69) is 59.6 Å². The first-order chi connectivity index (χ1) is 11.3. The molecule has 0 saturated carbocycles. The van der Waals surface area contributed by atoms with E-state index in [0.717, 1.165) is 4.47 Å². The fourth-order valence-corrected chi connectivity index (χ4v) is 4.31. The third kappa shape index (κ3) is 5.35. The van der Waals surface area contributed by atoms with Gasteiger partial charge in [-0.05, 0) is 63.7 Å². The predicted molar refractivity (Wildman–Crippen MR) is 107 cm³/mol. The maximum atomic E-state index is 12.5. The van der Waals surface area contributed by atoms with Gasteiger partial charge in [0.2, 0.25) is 8.32 Å². The molecule has 138 valence electrons. The number of benzene rings is 1. The van der Waals surface area contributed by atoms with Crippen molar-refractivity contribution in [2.45, 2.75) is 64.4 Å². The molecule has 0 aromatic heterocycles. The van der Waals surface area contributed by atoms with Gasteiger partial charge >= 0.3 is 6.09 Å². The minimum absolute atomic E-state index is 0.445. The number of halogens is 1. The Morgan fingerprint density at radius 2 is 1.84 bits per heavy atom. The van der Waals surface area contributed by atoms with Crippen LogP contribution in [0.1, 0.15) is 31.9 Å². The van der Waals surface area contributed by atoms with Gasteiger partial charge in [-0.1, -0.05) is 28.6 Å². The van der Waals surface area contributed by atoms with Crippen molar-refractivity contribution in [3.8, 4) is 0 Å². The molecule has 0 aliphatic heterocycles. The van der Waals surface area contributed by atoms with Gasteiger partial charge in [-0.2, -0.15) is 0 Å². The van der Waals surface area contributed by atoms with Crippen LogP contribution in [-0.2, 0) is 22.0 Å². The third-order valence-corrected chi connectivity index (χ3v) is 5.21. The Hall–Kier alpha value is -1.27. The summed E-state index contributed by atoms with van der Waals surface area (Å²) < 4.78 is 12.7. The first-order valence-corrected chi connectivity index (χ1v) is 12.7. The Labute approximate surface area is 160 Å². The minimum atomic E-state index is -1.85. The SMILES string of the molecule is C=C(O[Si](C)(C)C)C1(NC(=O)OC(C)(C)C)Cc2ccc(Br)cc2C1. The summed E-state index contributed by atoms with van der Waals surface area (Å²) in [7, 11) is -1.85. The molecule has 1 aromatic rings. The van der Waals surface area contributed by atoms with Crippen LogP contribution in [0, 0.1) is 0 Å². The first kappa shape index (κ1) is 20.0. The van der Waals surface area contributed by atoms with Gasteiger partial charge in [0.1, 0.15) is 11.1 Å². The predicted octanol–water partition coefficient (Wildman–Crippen LogP) is 5.18. The average molecular weight is 426 g/mol. The van der Waals surface area contributed by atoms with Crippen molar-refractivity contribution in [2.24, 2.45) is 0 Å². The van der Waals surface area contributed by atoms with Crippen LogP contribution in [0.15, 0.2) is 35.0 Å². The van der Waals surface area contributed by atoms with Gasteiger partial charge in [0.15, 0.2) is 0 Å². The molecule has 1 aliphatic carbocycles. The second-order valence-corrected chi connectivity index (χ2v) is 14.0. The van der Waals surface area contributed by atoms with E-state index in [1.54, 1.807) is 0 Å². The van der Waals surface area contributed by atoms with Crippen LogP contribution in [0.3, 0.4) is 0 Å². The fraction of sp³-hybridized carbons (Fsp3) is 0.526. The summed E-state index contributed by atoms with van der Waals surface area (Å²) in [5.41, 5.74) is 1.15. The lowest BCUT2D eigenvalue weighted by atomic mass is 9.94. The molecule has 2 rings (SSSR count). The summed E-state index contributed by atoms with van der Waals surface area (Å²) in [5.74, 6) is 0.616. The van der Waals surface area contributed by atoms with Crippen LogP contribution >= 0.6 is 15.9 Å². The molecule has 1 aliphatic rings. The van der Waals surface area contributed by atoms with Gasteiger partial charge in [0.05, 0.1) is 5.76 Å². The number of fused-ring (bicyclic) bond motifs is 1. The third-order valence-electron chi connectivity index (χ3n) is 3.86. The Bertz CT molecular complexity index is 691. The number of carbonyl (C=O) groups excluding carboxylic acids is 1. The Kier molecular flexibility index (Phi) is 5.45. The van der Waals surface area contributed by atoms with E-state index in [1.807, 2.05) is 26.8 Å². The summed E-state index contributed by atoms with van der Waals surface area (Å²) in [5, 5.41) is 3.06. The molecule has 4 nitrogen and oxygen atoms in total. The van der Waals surface area contributed by atoms with Crippen molar-refractivity contribution in [2.75, 3.05) is 0 Å². The molecule has 25 heavy (non-hydrogen) atoms. The zero-order chi connectivity index (χ0) is 19.0. The second kappa shape index (κ2) is 6.80. The Morgan fingerprint density at radius 1 is 1.24 bits per heavy atom. The van der Waals surface area contributed by atoms with E-state index in [0.29, 0.717) is 18.6 Å². The number of alkyl carbamates (subject to hydrolysis) is 1. The molecular formula is C19H28BrNO3Si. The van der Waals surface area contributed by atoms with Crippen LogP contribution < -0.4 is 5.32 Å². The average Bonchev–Trinajstić information content (AvgIpc) is 2.72. The molecule has 1 amide bonds. The van der Waals surface area contributed by atoms with Gasteiger partial charge in [0, 0.05) is 17.3 Å². The highest BCUT2D eigenvalue weighted by atomic mass is 79.9. The summed E-state index contributed by atoms with van der Waals surface area (Å²) in [6.45, 7) is 16.1. The number of hydrogen-bond acceptors (Lipinski definition) is 3. The zero-order valence-electron chi connectivity index (χ0n) is 16.0. The summed E-state index contributed by atoms with van der Waals surface area (Å²) in [6.07, 6.45) is 0.849. The van der Waals surface area contributed by atoms with Gasteiger partial charge in [-0.3, -0.25) is 0 Å². The van der Waals surface area contributed by atoms with Crippen molar-refractivity contribution < 1.29 is 14.0 Å². The monoisotopic (exact) mass is 425 g/mol. The molecule has 0 bridgehead atoms. The highest BCUT2D eigenvalue weighted by molar-refractivity contribution is 9.10. The van der Waals surface area contributed by atoms with Crippen LogP contribution in [-0.4, -0.2) is 25.6 Å². The van der Waals surface area contributed by atoms with Crippen molar-refractivity contribution in [1.29, 1.82) is 0 Å². The standard InChI is InChI=1S/C19H28BrNO3Si/c1-13(24-25(5,6)7)19(21-17(22)23-18(2,3)4)11-14-8-9-16(20)10-15(14)12-19/h8-10H,1,11-12H2,2-7H3,(H,21,22). The Morgan fingerprint density at radius 3 is 2.40 bits per heavy atom. The lowest BCUT2D eigenvalue weighted by Gasteiger charge is -2.36. The van der Waals surface area contributed by atoms with Crippen molar-refractivity contribution in [3.05, 3.63) is 46.1 Å². The van der Waals surface area contributed by atoms with E-state index in [9.17, 15) is 4.79 Å². The molecule has 1 atom stereocenters. The molecule has 0 heterocycles. The van der Waals surface area contributed by atoms with Crippen LogP contribution in [0.5, 0.6) is 0 Å². The second-order valence-electron chi connectivity index (χ2n) is 8.61. The number of carbonyl (C=O) groups is 1. The number of hydrogen-bond donors (Lipinski definition) is 1. The van der Waals surface area contributed by atoms with Crippen molar-refractivity contribution >= 4 is 30.3 Å². The normalized spacial score (nSPS) is 20.0. The summed E-state index contributed by atoms with van der Waals surface area (Å²) >= 11 is 3.52. The molecule has 0 fully saturated rings. The summed E-state index contributed by atoms with van der Waals surface area (Å²) in [6, 6.07) is 6.19. The number of nitrogens with one attached hydrogen (secondary N) is 1. The van der Waals surface area contributed by atoms with Gasteiger partial charge in [0.25, 0.3) is 0 Å². The minimum Gasteiger partial charge on any atom is -0.546 e. The smallest absolute Gasteiger partial charge is 0.408 e. The number of amides is 1. The van der Waals surface area contributed by atoms with E-state index in [-0.39, 0.29) is 0 Å². The van der Waals surface area contributed by atoms with E-state index in [1.165, 1.54) is 11.1 Å². The summed E-state index contributed by atoms with van der Waals surface area (Å²) in [4.78, 5) is 12.5. The highest BCUT2D eigenvalue weighted by Gasteiger charge is 2.44. The lowest BCUT2D eigenvalue weighted by Crippen LogP contribution is -2.53. The van der Waals surface area contributed by atoms with E-state index in [4.69, 9.17) is 9.16 Å². The quantitative estimate of drug-likeness (QED) is 0.533. The maximum Gasteiger partial charge on any atom is 0.408 e. The number of rotatable bonds is 4. The van der Waals surface area contributed by atoms with Crippen molar-refractivity contribution in [3.63, 3.8) is 0 Å². The van der Waals surface area contributed by atoms with Crippen LogP contribution in [0.2, 0.25) is 19.6 Å². The molecule has 1 unspecified atom stereocenters. The van der Waals surface area contributed by atoms with Gasteiger partial charge in [-0.15, -0.1) is 0 Å². The van der Waals surface area contributed by atoms with Crippen molar-refractivity contribution in [1.82, 2.24) is 5.32 Å². The molecule has 1 N–H and O–H groups in total. The first-order valence-electron chi connectivity index (χ1n) is 8.47. The lowest BCUT2D eigenvalue weighted by molar-refractivity contribution is 0.0456. The fourth-order valence-electron chi connectivity index (χ4n) is 2.97. The topological polar surface area (TPSA) is 47.6 Å². The van der Waals surface area contributed by atoms with Gasteiger partial charge < -0.3 is 14.5 Å². The highest BCUT2D eigenvalue weighted by Crippen LogP contribution is 2.37. The van der Waals surface area contributed by atoms with E-state index >= 15 is 0 Å². The number of ether oxygens (including phenoxy) is 1. The molecule has 6 heteroatoms. The molecule has 0 saturated heterocycles.